The quantitative estimate of drug-likeness (QED) is 0.676. The molecular weight excluding hydrogens is 348 g/mol. The van der Waals surface area contributed by atoms with Crippen molar-refractivity contribution >= 4 is 17.5 Å². The van der Waals surface area contributed by atoms with Crippen molar-refractivity contribution in [1.82, 2.24) is 15.3 Å². The van der Waals surface area contributed by atoms with Crippen LogP contribution in [0.15, 0.2) is 60.7 Å². The molecule has 28 heavy (non-hydrogen) atoms. The molecule has 0 bridgehead atoms. The Morgan fingerprint density at radius 1 is 0.964 bits per heavy atom. The third kappa shape index (κ3) is 4.94. The Kier molecular flexibility index (Phi) is 5.73. The predicted molar refractivity (Wildman–Crippen MR) is 113 cm³/mol. The van der Waals surface area contributed by atoms with Crippen molar-refractivity contribution in [2.75, 3.05) is 5.32 Å². The summed E-state index contributed by atoms with van der Waals surface area (Å²) in [5.74, 6) is 0.197. The second-order valence-electron chi connectivity index (χ2n) is 7.81. The van der Waals surface area contributed by atoms with Crippen LogP contribution in [0.2, 0.25) is 0 Å². The average Bonchev–Trinajstić information content (AvgIpc) is 2.66. The lowest BCUT2D eigenvalue weighted by atomic mass is 9.86. The van der Waals surface area contributed by atoms with E-state index in [1.165, 1.54) is 0 Å². The van der Waals surface area contributed by atoms with Gasteiger partial charge in [0.25, 0.3) is 5.91 Å². The molecule has 1 aromatic heterocycles. The van der Waals surface area contributed by atoms with Crippen LogP contribution in [0.4, 0.5) is 11.6 Å². The minimum absolute atomic E-state index is 0.0245. The normalized spacial score (nSPS) is 11.1. The number of carbonyl (C=O) groups is 1. The number of carbonyl (C=O) groups excluding carboxylic acids is 1. The third-order valence-electron chi connectivity index (χ3n) is 4.36. The number of aryl methyl sites for hydroxylation is 1. The number of nitrogens with zero attached hydrogens (tertiary/aromatic N) is 2. The lowest BCUT2D eigenvalue weighted by Crippen LogP contribution is -2.24. The number of benzene rings is 2. The second kappa shape index (κ2) is 8.21. The van der Waals surface area contributed by atoms with Gasteiger partial charge in [0.15, 0.2) is 0 Å². The monoisotopic (exact) mass is 374 g/mol. The first-order valence-electron chi connectivity index (χ1n) is 9.37. The molecule has 3 aromatic rings. The molecule has 0 fully saturated rings. The van der Waals surface area contributed by atoms with Crippen LogP contribution in [0.3, 0.4) is 0 Å². The summed E-state index contributed by atoms with van der Waals surface area (Å²) in [4.78, 5) is 21.5. The van der Waals surface area contributed by atoms with Gasteiger partial charge in [0.2, 0.25) is 5.95 Å². The summed E-state index contributed by atoms with van der Waals surface area (Å²) in [6.45, 7) is 8.79. The van der Waals surface area contributed by atoms with E-state index in [0.29, 0.717) is 18.2 Å². The number of aromatic nitrogens is 2. The highest BCUT2D eigenvalue weighted by atomic mass is 16.1. The third-order valence-corrected chi connectivity index (χ3v) is 4.36. The summed E-state index contributed by atoms with van der Waals surface area (Å²) >= 11 is 0. The molecular formula is C23H26N4O. The molecule has 0 aliphatic rings. The van der Waals surface area contributed by atoms with Crippen molar-refractivity contribution in [2.45, 2.75) is 39.7 Å². The van der Waals surface area contributed by atoms with Crippen LogP contribution >= 0.6 is 0 Å². The van der Waals surface area contributed by atoms with E-state index < -0.39 is 0 Å². The first-order chi connectivity index (χ1) is 13.3. The van der Waals surface area contributed by atoms with Crippen molar-refractivity contribution in [2.24, 2.45) is 0 Å². The number of anilines is 2. The van der Waals surface area contributed by atoms with E-state index in [-0.39, 0.29) is 11.3 Å². The number of hydrogen-bond donors (Lipinski definition) is 2. The van der Waals surface area contributed by atoms with Crippen molar-refractivity contribution in [1.29, 1.82) is 0 Å². The minimum atomic E-state index is -0.221. The molecule has 2 aromatic carbocycles. The molecule has 0 radical (unpaired) electrons. The van der Waals surface area contributed by atoms with Crippen LogP contribution in [0.5, 0.6) is 0 Å². The maximum absolute atomic E-state index is 12.6. The van der Waals surface area contributed by atoms with Gasteiger partial charge in [0.1, 0.15) is 5.69 Å². The van der Waals surface area contributed by atoms with Gasteiger partial charge in [-0.1, -0.05) is 69.3 Å². The van der Waals surface area contributed by atoms with Gasteiger partial charge >= 0.3 is 0 Å². The maximum Gasteiger partial charge on any atom is 0.270 e. The number of nitrogens with one attached hydrogen (secondary N) is 2. The van der Waals surface area contributed by atoms with Gasteiger partial charge in [-0.3, -0.25) is 4.79 Å². The highest BCUT2D eigenvalue weighted by molar-refractivity contribution is 5.92. The Labute approximate surface area is 166 Å². The summed E-state index contributed by atoms with van der Waals surface area (Å²) in [5.41, 5.74) is 4.20. The Bertz CT molecular complexity index is 962. The Hall–Kier alpha value is -3.21. The fraction of sp³-hybridized carbons (Fsp3) is 0.261. The van der Waals surface area contributed by atoms with Gasteiger partial charge in [-0.2, -0.15) is 0 Å². The molecule has 0 aliphatic carbocycles. The predicted octanol–water partition coefficient (Wildman–Crippen LogP) is 4.76. The standard InChI is InChI=1S/C23H26N4O/c1-16-14-20(21(28)24-15-17-10-6-5-7-11-17)27-22(25-16)26-19-13-9-8-12-18(19)23(2,3)4/h5-14H,15H2,1-4H3,(H,24,28)(H,25,26,27). The van der Waals surface area contributed by atoms with Crippen molar-refractivity contribution in [3.63, 3.8) is 0 Å². The lowest BCUT2D eigenvalue weighted by molar-refractivity contribution is 0.0945. The molecule has 0 saturated carbocycles. The van der Waals surface area contributed by atoms with Crippen molar-refractivity contribution < 1.29 is 4.79 Å². The largest absolute Gasteiger partial charge is 0.347 e. The lowest BCUT2D eigenvalue weighted by Gasteiger charge is -2.23. The topological polar surface area (TPSA) is 66.9 Å². The molecule has 3 rings (SSSR count). The first-order valence-corrected chi connectivity index (χ1v) is 9.37. The molecule has 144 valence electrons. The van der Waals surface area contributed by atoms with Crippen LogP contribution in [0.25, 0.3) is 0 Å². The molecule has 0 saturated heterocycles. The van der Waals surface area contributed by atoms with E-state index in [2.05, 4.69) is 47.4 Å². The summed E-state index contributed by atoms with van der Waals surface area (Å²) in [6.07, 6.45) is 0. The number of rotatable bonds is 5. The van der Waals surface area contributed by atoms with Crippen LogP contribution in [0, 0.1) is 6.92 Å². The highest BCUT2D eigenvalue weighted by Crippen LogP contribution is 2.30. The van der Waals surface area contributed by atoms with Crippen LogP contribution < -0.4 is 10.6 Å². The van der Waals surface area contributed by atoms with E-state index in [1.807, 2.05) is 55.5 Å². The van der Waals surface area contributed by atoms with Gasteiger partial charge in [0.05, 0.1) is 0 Å². The van der Waals surface area contributed by atoms with Crippen LogP contribution in [0.1, 0.15) is 48.1 Å². The Morgan fingerprint density at radius 2 is 1.64 bits per heavy atom. The zero-order chi connectivity index (χ0) is 20.1. The average molecular weight is 374 g/mol. The van der Waals surface area contributed by atoms with Gasteiger partial charge < -0.3 is 10.6 Å². The van der Waals surface area contributed by atoms with Crippen LogP contribution in [-0.4, -0.2) is 15.9 Å². The first kappa shape index (κ1) is 19.5. The van der Waals surface area contributed by atoms with E-state index in [0.717, 1.165) is 22.5 Å². The van der Waals surface area contributed by atoms with E-state index in [4.69, 9.17) is 0 Å². The molecule has 0 atom stereocenters. The SMILES string of the molecule is Cc1cc(C(=O)NCc2ccccc2)nc(Nc2ccccc2C(C)(C)C)n1. The molecule has 2 N–H and O–H groups in total. The van der Waals surface area contributed by atoms with Crippen LogP contribution in [-0.2, 0) is 12.0 Å². The number of para-hydroxylation sites is 1. The van der Waals surface area contributed by atoms with Gasteiger partial charge in [0, 0.05) is 17.9 Å². The second-order valence-corrected chi connectivity index (χ2v) is 7.81. The van der Waals surface area contributed by atoms with E-state index >= 15 is 0 Å². The Morgan fingerprint density at radius 3 is 2.36 bits per heavy atom. The Balaban J connectivity index is 1.80. The van der Waals surface area contributed by atoms with Crippen molar-refractivity contribution in [3.8, 4) is 0 Å². The molecule has 0 spiro atoms. The number of hydrogen-bond acceptors (Lipinski definition) is 4. The van der Waals surface area contributed by atoms with Gasteiger partial charge in [-0.25, -0.2) is 9.97 Å². The van der Waals surface area contributed by atoms with Crippen molar-refractivity contribution in [3.05, 3.63) is 83.2 Å². The fourth-order valence-corrected chi connectivity index (χ4v) is 2.98. The molecule has 5 heteroatoms. The van der Waals surface area contributed by atoms with E-state index in [1.54, 1.807) is 6.07 Å². The molecule has 0 unspecified atom stereocenters. The summed E-state index contributed by atoms with van der Waals surface area (Å²) in [6, 6.07) is 19.6. The minimum Gasteiger partial charge on any atom is -0.347 e. The summed E-state index contributed by atoms with van der Waals surface area (Å²) in [7, 11) is 0. The highest BCUT2D eigenvalue weighted by Gasteiger charge is 2.18. The molecule has 5 nitrogen and oxygen atoms in total. The van der Waals surface area contributed by atoms with E-state index in [9.17, 15) is 4.79 Å². The molecule has 0 aliphatic heterocycles. The molecule has 1 heterocycles. The number of amides is 1. The summed E-state index contributed by atoms with van der Waals surface area (Å²) < 4.78 is 0. The smallest absolute Gasteiger partial charge is 0.270 e. The summed E-state index contributed by atoms with van der Waals surface area (Å²) in [5, 5.41) is 6.20. The zero-order valence-electron chi connectivity index (χ0n) is 16.8. The molecule has 1 amide bonds. The van der Waals surface area contributed by atoms with Gasteiger partial charge in [-0.05, 0) is 35.6 Å². The van der Waals surface area contributed by atoms with Gasteiger partial charge in [-0.15, -0.1) is 0 Å². The zero-order valence-corrected chi connectivity index (χ0v) is 16.8. The maximum atomic E-state index is 12.6. The fourth-order valence-electron chi connectivity index (χ4n) is 2.98.